The second kappa shape index (κ2) is 6.37. The van der Waals surface area contributed by atoms with Crippen molar-refractivity contribution >= 4 is 22.3 Å². The lowest BCUT2D eigenvalue weighted by Gasteiger charge is -2.15. The van der Waals surface area contributed by atoms with Crippen molar-refractivity contribution in [2.24, 2.45) is 4.36 Å². The molecule has 1 N–H and O–H groups in total. The van der Waals surface area contributed by atoms with Crippen LogP contribution in [0.2, 0.25) is 0 Å². The summed E-state index contributed by atoms with van der Waals surface area (Å²) < 4.78 is 23.7. The fourth-order valence-corrected chi connectivity index (χ4v) is 5.15. The van der Waals surface area contributed by atoms with E-state index in [4.69, 9.17) is 4.74 Å². The molecule has 3 aliphatic rings. The Kier molecular flexibility index (Phi) is 3.96. The highest BCUT2D eigenvalue weighted by atomic mass is 32.2. The van der Waals surface area contributed by atoms with E-state index in [1.54, 1.807) is 4.68 Å². The standard InChI is InChI=1S/C19H21N4O3S/c1-11-10-23-18(26-11)16(9-20-23)27(25)22-19(24)21-17-14-6-2-4-12(14)8-13-5-3-7-15(13)17/h8-9,11H,2-7,10H2,1H3,(H,21,24)/q-1/t11-/m0/s1. The molecule has 2 aromatic rings. The predicted octanol–water partition coefficient (Wildman–Crippen LogP) is 3.38. The molecule has 1 aliphatic heterocycles. The molecule has 0 fully saturated rings. The van der Waals surface area contributed by atoms with Crippen molar-refractivity contribution in [2.45, 2.75) is 63.0 Å². The molecule has 7 nitrogen and oxygen atoms in total. The Morgan fingerprint density at radius 2 is 1.96 bits per heavy atom. The van der Waals surface area contributed by atoms with Crippen LogP contribution in [0, 0.1) is 0 Å². The van der Waals surface area contributed by atoms with E-state index in [0.29, 0.717) is 17.3 Å². The van der Waals surface area contributed by atoms with Crippen LogP contribution in [0.3, 0.4) is 0 Å². The number of anilines is 1. The molecule has 0 radical (unpaired) electrons. The zero-order valence-corrected chi connectivity index (χ0v) is 16.0. The summed E-state index contributed by atoms with van der Waals surface area (Å²) in [5.41, 5.74) is 6.04. The van der Waals surface area contributed by atoms with Crippen LogP contribution >= 0.6 is 0 Å². The molecule has 0 bridgehead atoms. The van der Waals surface area contributed by atoms with Crippen LogP contribution in [-0.2, 0) is 47.0 Å². The zero-order chi connectivity index (χ0) is 18.5. The Labute approximate surface area is 159 Å². The number of aromatic nitrogens is 2. The number of ether oxygens (including phenoxy) is 1. The topological polar surface area (TPSA) is 85.6 Å². The highest BCUT2D eigenvalue weighted by Gasteiger charge is 2.25. The third-order valence-corrected chi connectivity index (χ3v) is 6.55. The summed E-state index contributed by atoms with van der Waals surface area (Å²) in [5.74, 6) is 0.443. The van der Waals surface area contributed by atoms with Gasteiger partial charge in [0, 0.05) is 11.9 Å². The smallest absolute Gasteiger partial charge is 0.322 e. The normalized spacial score (nSPS) is 20.9. The van der Waals surface area contributed by atoms with Crippen LogP contribution in [-0.4, -0.2) is 21.9 Å². The third kappa shape index (κ3) is 2.82. The Bertz CT molecular complexity index is 1000. The first kappa shape index (κ1) is 16.8. The maximum absolute atomic E-state index is 12.6. The number of urea groups is 1. The van der Waals surface area contributed by atoms with Crippen molar-refractivity contribution in [3.63, 3.8) is 0 Å². The third-order valence-electron chi connectivity index (χ3n) is 5.56. The van der Waals surface area contributed by atoms with E-state index in [0.717, 1.165) is 44.2 Å². The van der Waals surface area contributed by atoms with Crippen molar-refractivity contribution in [1.82, 2.24) is 9.78 Å². The predicted molar refractivity (Wildman–Crippen MR) is 101 cm³/mol. The van der Waals surface area contributed by atoms with Gasteiger partial charge in [0.15, 0.2) is 5.88 Å². The van der Waals surface area contributed by atoms with Gasteiger partial charge in [-0.2, -0.15) is 5.10 Å². The average Bonchev–Trinajstić information content (AvgIpc) is 3.36. The molecule has 0 spiro atoms. The quantitative estimate of drug-likeness (QED) is 0.803. The SMILES string of the molecule is C[C@H]1Cn2ncc(/[S-](=O)=N/C(=O)Nc3c4c(cc5c3CCC5)CCC4)c2O1. The van der Waals surface area contributed by atoms with Gasteiger partial charge < -0.3 is 18.6 Å². The van der Waals surface area contributed by atoms with Crippen LogP contribution in [0.4, 0.5) is 10.5 Å². The van der Waals surface area contributed by atoms with E-state index in [1.807, 2.05) is 6.92 Å². The molecule has 2 amide bonds. The first-order valence-electron chi connectivity index (χ1n) is 9.43. The van der Waals surface area contributed by atoms with Crippen molar-refractivity contribution in [3.8, 4) is 5.88 Å². The van der Waals surface area contributed by atoms with Gasteiger partial charge in [0.1, 0.15) is 6.10 Å². The van der Waals surface area contributed by atoms with Gasteiger partial charge >= 0.3 is 6.03 Å². The van der Waals surface area contributed by atoms with Crippen molar-refractivity contribution in [1.29, 1.82) is 0 Å². The van der Waals surface area contributed by atoms with E-state index in [-0.39, 0.29) is 6.10 Å². The highest BCUT2D eigenvalue weighted by molar-refractivity contribution is 7.75. The molecule has 0 saturated carbocycles. The minimum absolute atomic E-state index is 0.0206. The van der Waals surface area contributed by atoms with Gasteiger partial charge in [-0.3, -0.25) is 0 Å². The lowest BCUT2D eigenvalue weighted by Crippen LogP contribution is -2.11. The van der Waals surface area contributed by atoms with Crippen LogP contribution in [0.5, 0.6) is 5.88 Å². The van der Waals surface area contributed by atoms with E-state index >= 15 is 0 Å². The number of rotatable bonds is 2. The largest absolute Gasteiger partial charge is 0.474 e. The molecule has 142 valence electrons. The van der Waals surface area contributed by atoms with Gasteiger partial charge in [-0.05, 0) is 72.6 Å². The first-order valence-corrected chi connectivity index (χ1v) is 10.5. The molecule has 1 aromatic heterocycles. The summed E-state index contributed by atoms with van der Waals surface area (Å²) in [5, 5.41) is 7.11. The zero-order valence-electron chi connectivity index (χ0n) is 15.2. The minimum Gasteiger partial charge on any atom is -0.474 e. The monoisotopic (exact) mass is 385 g/mol. The molecule has 5 rings (SSSR count). The van der Waals surface area contributed by atoms with E-state index in [2.05, 4.69) is 20.8 Å². The average molecular weight is 385 g/mol. The molecule has 27 heavy (non-hydrogen) atoms. The molecule has 1 aromatic carbocycles. The van der Waals surface area contributed by atoms with Gasteiger partial charge in [0.2, 0.25) is 0 Å². The van der Waals surface area contributed by atoms with Gasteiger partial charge in [0.25, 0.3) is 0 Å². The fraction of sp³-hybridized carbons (Fsp3) is 0.474. The highest BCUT2D eigenvalue weighted by Crippen LogP contribution is 2.38. The van der Waals surface area contributed by atoms with Crippen LogP contribution in [0.25, 0.3) is 0 Å². The maximum Gasteiger partial charge on any atom is 0.322 e. The second-order valence-electron chi connectivity index (χ2n) is 7.43. The molecule has 2 heterocycles. The Morgan fingerprint density at radius 1 is 1.26 bits per heavy atom. The number of fused-ring (bicyclic) bond motifs is 3. The number of nitrogens with one attached hydrogen (secondary N) is 1. The number of carbonyl (C=O) groups excluding carboxylic acids is 1. The van der Waals surface area contributed by atoms with Crippen LogP contribution in [0.15, 0.2) is 21.5 Å². The Hall–Kier alpha value is -2.35. The number of hydrogen-bond acceptors (Lipinski definition) is 5. The van der Waals surface area contributed by atoms with E-state index in [1.165, 1.54) is 28.5 Å². The summed E-state index contributed by atoms with van der Waals surface area (Å²) in [6, 6.07) is 1.73. The molecule has 8 heteroatoms. The van der Waals surface area contributed by atoms with Gasteiger partial charge in [-0.15, -0.1) is 10.6 Å². The fourth-order valence-electron chi connectivity index (χ4n) is 4.42. The summed E-state index contributed by atoms with van der Waals surface area (Å²) in [6.07, 6.45) is 7.75. The van der Waals surface area contributed by atoms with Gasteiger partial charge in [-0.1, -0.05) is 6.07 Å². The molecule has 1 atom stereocenters. The Balaban J connectivity index is 1.44. The molecule has 0 saturated heterocycles. The van der Waals surface area contributed by atoms with E-state index in [9.17, 15) is 9.00 Å². The van der Waals surface area contributed by atoms with Crippen molar-refractivity contribution in [3.05, 3.63) is 34.5 Å². The van der Waals surface area contributed by atoms with Crippen LogP contribution in [0.1, 0.15) is 42.0 Å². The number of nitrogens with zero attached hydrogens (tertiary/aromatic N) is 3. The summed E-state index contributed by atoms with van der Waals surface area (Å²) >= 11 is 0. The summed E-state index contributed by atoms with van der Waals surface area (Å²) in [7, 11) is -1.84. The number of aryl methyl sites for hydroxylation is 2. The van der Waals surface area contributed by atoms with Crippen molar-refractivity contribution in [2.75, 3.05) is 5.32 Å². The van der Waals surface area contributed by atoms with Gasteiger partial charge in [0.05, 0.1) is 6.54 Å². The molecular formula is C19H21N4O3S-. The van der Waals surface area contributed by atoms with Gasteiger partial charge in [-0.25, -0.2) is 9.48 Å². The lowest BCUT2D eigenvalue weighted by atomic mass is 9.99. The maximum atomic E-state index is 12.6. The number of carbonyl (C=O) groups is 1. The first-order chi connectivity index (χ1) is 13.1. The number of hydrogen-bond donors (Lipinski definition) is 1. The van der Waals surface area contributed by atoms with Crippen LogP contribution < -0.4 is 10.1 Å². The second-order valence-corrected chi connectivity index (χ2v) is 8.55. The summed E-state index contributed by atoms with van der Waals surface area (Å²) in [4.78, 5) is 12.9. The molecule has 2 aliphatic carbocycles. The minimum atomic E-state index is -1.84. The van der Waals surface area contributed by atoms with Crippen molar-refractivity contribution < 1.29 is 13.7 Å². The molecular weight excluding hydrogens is 364 g/mol. The molecule has 0 unspecified atom stereocenters. The number of benzene rings is 1. The summed E-state index contributed by atoms with van der Waals surface area (Å²) in [6.45, 7) is 2.53. The lowest BCUT2D eigenvalue weighted by molar-refractivity contribution is 0.248. The number of amides is 2. The van der Waals surface area contributed by atoms with E-state index < -0.39 is 16.6 Å². The Morgan fingerprint density at radius 3 is 2.67 bits per heavy atom.